The van der Waals surface area contributed by atoms with Gasteiger partial charge in [0.1, 0.15) is 0 Å². The Morgan fingerprint density at radius 1 is 1.25 bits per heavy atom. The first-order chi connectivity index (χ1) is 13.7. The van der Waals surface area contributed by atoms with Crippen molar-refractivity contribution < 1.29 is 4.79 Å². The van der Waals surface area contributed by atoms with Crippen LogP contribution in [-0.4, -0.2) is 45.3 Å². The highest BCUT2D eigenvalue weighted by atomic mass is 16.2. The van der Waals surface area contributed by atoms with Crippen LogP contribution in [0.4, 0.5) is 4.79 Å². The lowest BCUT2D eigenvalue weighted by molar-refractivity contribution is 0.206. The minimum Gasteiger partial charge on any atom is -0.335 e. The number of hydrogen-bond donors (Lipinski definition) is 1. The molecule has 1 spiro atoms. The Morgan fingerprint density at radius 3 is 3.00 bits per heavy atom. The molecular weight excluding hydrogens is 350 g/mol. The van der Waals surface area contributed by atoms with Gasteiger partial charge in [-0.1, -0.05) is 24.3 Å². The highest BCUT2D eigenvalue weighted by Crippen LogP contribution is 2.43. The summed E-state index contributed by atoms with van der Waals surface area (Å²) in [5, 5.41) is 8.86. The summed E-state index contributed by atoms with van der Waals surface area (Å²) in [7, 11) is 0. The van der Waals surface area contributed by atoms with Crippen molar-refractivity contribution in [3.8, 4) is 11.3 Å². The van der Waals surface area contributed by atoms with Gasteiger partial charge in [-0.25, -0.2) is 4.79 Å². The Labute approximate surface area is 163 Å². The summed E-state index contributed by atoms with van der Waals surface area (Å²) in [4.78, 5) is 18.8. The number of pyridine rings is 1. The molecule has 1 N–H and O–H groups in total. The van der Waals surface area contributed by atoms with E-state index in [0.29, 0.717) is 6.54 Å². The van der Waals surface area contributed by atoms with E-state index in [4.69, 9.17) is 5.10 Å². The number of carbonyl (C=O) groups is 1. The number of fused-ring (bicyclic) bond motifs is 3. The summed E-state index contributed by atoms with van der Waals surface area (Å²) in [5.74, 6) is 0. The van der Waals surface area contributed by atoms with Crippen molar-refractivity contribution in [3.63, 3.8) is 0 Å². The SMILES string of the molecule is C=CCNC(=O)N1CCC2(CCn3nc(-c4cnc5ccccc5c4)cc32)C1. The van der Waals surface area contributed by atoms with Gasteiger partial charge in [-0.05, 0) is 31.0 Å². The fourth-order valence-electron chi connectivity index (χ4n) is 4.54. The van der Waals surface area contributed by atoms with Gasteiger partial charge in [0, 0.05) is 54.4 Å². The van der Waals surface area contributed by atoms with Gasteiger partial charge in [-0.2, -0.15) is 5.10 Å². The number of nitrogens with one attached hydrogen (secondary N) is 1. The van der Waals surface area contributed by atoms with E-state index in [1.54, 1.807) is 6.08 Å². The van der Waals surface area contributed by atoms with Gasteiger partial charge < -0.3 is 10.2 Å². The summed E-state index contributed by atoms with van der Waals surface area (Å²) in [6.07, 6.45) is 5.63. The summed E-state index contributed by atoms with van der Waals surface area (Å²) in [6, 6.07) is 12.5. The standard InChI is InChI=1S/C22H23N5O/c1-2-9-23-21(28)26-10-7-22(15-26)8-11-27-20(22)13-19(25-27)17-12-16-5-3-4-6-18(16)24-14-17/h2-6,12-14H,1,7-11,15H2,(H,23,28). The van der Waals surface area contributed by atoms with Crippen molar-refractivity contribution in [3.05, 3.63) is 60.9 Å². The maximum atomic E-state index is 12.3. The van der Waals surface area contributed by atoms with E-state index in [-0.39, 0.29) is 11.4 Å². The molecule has 1 saturated heterocycles. The highest BCUT2D eigenvalue weighted by molar-refractivity contribution is 5.82. The predicted molar refractivity (Wildman–Crippen MR) is 109 cm³/mol. The number of aromatic nitrogens is 3. The molecule has 1 aromatic carbocycles. The number of hydrogen-bond acceptors (Lipinski definition) is 3. The average molecular weight is 373 g/mol. The van der Waals surface area contributed by atoms with E-state index in [2.05, 4.69) is 39.8 Å². The van der Waals surface area contributed by atoms with Crippen LogP contribution in [0.1, 0.15) is 18.5 Å². The second kappa shape index (κ2) is 6.48. The third kappa shape index (κ3) is 2.68. The molecule has 2 aromatic heterocycles. The summed E-state index contributed by atoms with van der Waals surface area (Å²) in [5.41, 5.74) is 4.25. The lowest BCUT2D eigenvalue weighted by Gasteiger charge is -2.23. The molecule has 5 rings (SSSR count). The highest BCUT2D eigenvalue weighted by Gasteiger charge is 2.46. The van der Waals surface area contributed by atoms with Crippen molar-refractivity contribution in [2.45, 2.75) is 24.8 Å². The van der Waals surface area contributed by atoms with Crippen LogP contribution < -0.4 is 5.32 Å². The molecule has 3 aromatic rings. The number of rotatable bonds is 3. The minimum atomic E-state index is -0.00584. The molecule has 6 heteroatoms. The summed E-state index contributed by atoms with van der Waals surface area (Å²) < 4.78 is 2.12. The molecule has 1 atom stereocenters. The van der Waals surface area contributed by atoms with Gasteiger partial charge in [-0.15, -0.1) is 6.58 Å². The molecule has 2 aliphatic rings. The number of amides is 2. The van der Waals surface area contributed by atoms with E-state index in [0.717, 1.165) is 54.6 Å². The van der Waals surface area contributed by atoms with E-state index in [9.17, 15) is 4.79 Å². The fourth-order valence-corrected chi connectivity index (χ4v) is 4.54. The first-order valence-electron chi connectivity index (χ1n) is 9.76. The van der Waals surface area contributed by atoms with Crippen molar-refractivity contribution in [1.29, 1.82) is 0 Å². The zero-order valence-electron chi connectivity index (χ0n) is 15.8. The van der Waals surface area contributed by atoms with Crippen LogP contribution >= 0.6 is 0 Å². The normalized spacial score (nSPS) is 20.6. The Bertz CT molecular complexity index is 1070. The number of aryl methyl sites for hydroxylation is 1. The molecule has 0 aliphatic carbocycles. The molecule has 28 heavy (non-hydrogen) atoms. The average Bonchev–Trinajstić information content (AvgIpc) is 3.43. The molecular formula is C22H23N5O. The van der Waals surface area contributed by atoms with Gasteiger partial charge in [0.05, 0.1) is 11.2 Å². The topological polar surface area (TPSA) is 63.1 Å². The molecule has 142 valence electrons. The lowest BCUT2D eigenvalue weighted by atomic mass is 9.82. The number of benzene rings is 1. The molecule has 0 saturated carbocycles. The van der Waals surface area contributed by atoms with Gasteiger partial charge >= 0.3 is 6.03 Å². The Kier molecular flexibility index (Phi) is 3.93. The van der Waals surface area contributed by atoms with Crippen LogP contribution in [0, 0.1) is 0 Å². The predicted octanol–water partition coefficient (Wildman–Crippen LogP) is 3.34. The van der Waals surface area contributed by atoms with Gasteiger partial charge in [0.25, 0.3) is 0 Å². The van der Waals surface area contributed by atoms with Gasteiger partial charge in [-0.3, -0.25) is 9.67 Å². The molecule has 1 fully saturated rings. The number of urea groups is 1. The van der Waals surface area contributed by atoms with Crippen LogP contribution in [0.3, 0.4) is 0 Å². The Balaban J connectivity index is 1.43. The maximum Gasteiger partial charge on any atom is 0.317 e. The van der Waals surface area contributed by atoms with Crippen LogP contribution in [0.5, 0.6) is 0 Å². The largest absolute Gasteiger partial charge is 0.335 e. The molecule has 0 radical (unpaired) electrons. The lowest BCUT2D eigenvalue weighted by Crippen LogP contribution is -2.40. The smallest absolute Gasteiger partial charge is 0.317 e. The van der Waals surface area contributed by atoms with Crippen molar-refractivity contribution in [1.82, 2.24) is 25.0 Å². The maximum absolute atomic E-state index is 12.3. The van der Waals surface area contributed by atoms with Crippen molar-refractivity contribution >= 4 is 16.9 Å². The molecule has 2 aliphatic heterocycles. The monoisotopic (exact) mass is 373 g/mol. The minimum absolute atomic E-state index is 0.00584. The number of nitrogens with zero attached hydrogens (tertiary/aromatic N) is 4. The molecule has 4 heterocycles. The van der Waals surface area contributed by atoms with Crippen LogP contribution in [0.2, 0.25) is 0 Å². The van der Waals surface area contributed by atoms with Crippen LogP contribution in [0.15, 0.2) is 55.3 Å². The quantitative estimate of drug-likeness (QED) is 0.716. The Morgan fingerprint density at radius 2 is 2.11 bits per heavy atom. The second-order valence-corrected chi connectivity index (χ2v) is 7.73. The molecule has 2 amide bonds. The van der Waals surface area contributed by atoms with Gasteiger partial charge in [0.2, 0.25) is 0 Å². The zero-order chi connectivity index (χ0) is 19.1. The summed E-state index contributed by atoms with van der Waals surface area (Å²) in [6.45, 7) is 6.59. The fraction of sp³-hybridized carbons (Fsp3) is 0.318. The number of carbonyl (C=O) groups excluding carboxylic acids is 1. The molecule has 6 nitrogen and oxygen atoms in total. The van der Waals surface area contributed by atoms with E-state index in [1.807, 2.05) is 29.3 Å². The first kappa shape index (κ1) is 17.0. The summed E-state index contributed by atoms with van der Waals surface area (Å²) >= 11 is 0. The number of para-hydroxylation sites is 1. The third-order valence-corrected chi connectivity index (χ3v) is 6.05. The van der Waals surface area contributed by atoms with E-state index < -0.39 is 0 Å². The number of likely N-dealkylation sites (tertiary alicyclic amines) is 1. The van der Waals surface area contributed by atoms with Gasteiger partial charge in [0.15, 0.2) is 0 Å². The third-order valence-electron chi connectivity index (χ3n) is 6.05. The van der Waals surface area contributed by atoms with Crippen molar-refractivity contribution in [2.75, 3.05) is 19.6 Å². The zero-order valence-corrected chi connectivity index (χ0v) is 15.8. The Hall–Kier alpha value is -3.15. The van der Waals surface area contributed by atoms with Crippen LogP contribution in [0.25, 0.3) is 22.2 Å². The molecule has 1 unspecified atom stereocenters. The van der Waals surface area contributed by atoms with Crippen molar-refractivity contribution in [2.24, 2.45) is 0 Å². The first-order valence-corrected chi connectivity index (χ1v) is 9.76. The molecule has 0 bridgehead atoms. The van der Waals surface area contributed by atoms with E-state index in [1.165, 1.54) is 5.69 Å². The van der Waals surface area contributed by atoms with Crippen LogP contribution in [-0.2, 0) is 12.0 Å². The van der Waals surface area contributed by atoms with E-state index >= 15 is 0 Å². The second-order valence-electron chi connectivity index (χ2n) is 7.73.